The minimum atomic E-state index is -0.0786. The summed E-state index contributed by atoms with van der Waals surface area (Å²) in [5, 5.41) is 3.47. The van der Waals surface area contributed by atoms with Gasteiger partial charge in [-0.15, -0.1) is 11.3 Å². The topological polar surface area (TPSA) is 29.1 Å². The lowest BCUT2D eigenvalue weighted by Crippen LogP contribution is -2.09. The predicted octanol–water partition coefficient (Wildman–Crippen LogP) is 4.52. The van der Waals surface area contributed by atoms with E-state index >= 15 is 0 Å². The summed E-state index contributed by atoms with van der Waals surface area (Å²) >= 11 is 7.42. The summed E-state index contributed by atoms with van der Waals surface area (Å²) in [7, 11) is 0. The molecule has 2 rings (SSSR count). The number of carbonyl (C=O) groups excluding carboxylic acids is 1. The maximum absolute atomic E-state index is 12.1. The molecule has 0 unspecified atom stereocenters. The van der Waals surface area contributed by atoms with Crippen molar-refractivity contribution in [2.75, 3.05) is 5.32 Å². The SMILES string of the molecule is CCc1sc(C(=O)Nc2cccc(Cl)c2)cc1C. The molecule has 0 aliphatic carbocycles. The van der Waals surface area contributed by atoms with Gasteiger partial charge in [-0.25, -0.2) is 0 Å². The van der Waals surface area contributed by atoms with E-state index in [2.05, 4.69) is 12.2 Å². The van der Waals surface area contributed by atoms with Gasteiger partial charge >= 0.3 is 0 Å². The van der Waals surface area contributed by atoms with Crippen molar-refractivity contribution in [3.63, 3.8) is 0 Å². The Kier molecular flexibility index (Phi) is 4.04. The van der Waals surface area contributed by atoms with Crippen LogP contribution in [0.1, 0.15) is 27.0 Å². The van der Waals surface area contributed by atoms with Gasteiger partial charge in [-0.05, 0) is 43.2 Å². The number of hydrogen-bond acceptors (Lipinski definition) is 2. The third-order valence-electron chi connectivity index (χ3n) is 2.65. The van der Waals surface area contributed by atoms with Crippen molar-refractivity contribution in [3.05, 3.63) is 50.7 Å². The van der Waals surface area contributed by atoms with Crippen molar-refractivity contribution in [2.45, 2.75) is 20.3 Å². The second-order valence-electron chi connectivity index (χ2n) is 4.03. The number of anilines is 1. The maximum Gasteiger partial charge on any atom is 0.265 e. The maximum atomic E-state index is 12.1. The van der Waals surface area contributed by atoms with Crippen molar-refractivity contribution < 1.29 is 4.79 Å². The molecule has 0 atom stereocenters. The Hall–Kier alpha value is -1.32. The first-order valence-electron chi connectivity index (χ1n) is 5.76. The number of benzene rings is 1. The van der Waals surface area contributed by atoms with E-state index in [0.29, 0.717) is 5.02 Å². The molecule has 2 aromatic rings. The molecule has 1 aromatic carbocycles. The van der Waals surface area contributed by atoms with Gasteiger partial charge in [0.15, 0.2) is 0 Å². The molecule has 0 saturated heterocycles. The number of nitrogens with one attached hydrogen (secondary N) is 1. The number of thiophene rings is 1. The van der Waals surface area contributed by atoms with E-state index < -0.39 is 0 Å². The molecule has 1 amide bonds. The van der Waals surface area contributed by atoms with Gasteiger partial charge in [0.2, 0.25) is 0 Å². The lowest BCUT2D eigenvalue weighted by Gasteiger charge is -2.03. The van der Waals surface area contributed by atoms with Gasteiger partial charge in [0.05, 0.1) is 4.88 Å². The second kappa shape index (κ2) is 5.55. The Morgan fingerprint density at radius 2 is 2.17 bits per heavy atom. The Morgan fingerprint density at radius 3 is 2.78 bits per heavy atom. The van der Waals surface area contributed by atoms with Crippen molar-refractivity contribution in [1.82, 2.24) is 0 Å². The van der Waals surface area contributed by atoms with Gasteiger partial charge in [0, 0.05) is 15.6 Å². The lowest BCUT2D eigenvalue weighted by atomic mass is 10.2. The summed E-state index contributed by atoms with van der Waals surface area (Å²) in [4.78, 5) is 14.1. The molecule has 0 spiro atoms. The van der Waals surface area contributed by atoms with Crippen LogP contribution in [-0.2, 0) is 6.42 Å². The number of hydrogen-bond donors (Lipinski definition) is 1. The Balaban J connectivity index is 2.16. The Labute approximate surface area is 116 Å². The van der Waals surface area contributed by atoms with Gasteiger partial charge in [0.25, 0.3) is 5.91 Å². The van der Waals surface area contributed by atoms with Crippen molar-refractivity contribution in [1.29, 1.82) is 0 Å². The first-order chi connectivity index (χ1) is 8.60. The van der Waals surface area contributed by atoms with Crippen LogP contribution in [0.25, 0.3) is 0 Å². The quantitative estimate of drug-likeness (QED) is 0.879. The monoisotopic (exact) mass is 279 g/mol. The Bertz CT molecular complexity index is 577. The molecule has 0 fully saturated rings. The minimum Gasteiger partial charge on any atom is -0.321 e. The molecule has 1 aromatic heterocycles. The predicted molar refractivity (Wildman–Crippen MR) is 77.8 cm³/mol. The van der Waals surface area contributed by atoms with Gasteiger partial charge < -0.3 is 5.32 Å². The molecule has 0 saturated carbocycles. The van der Waals surface area contributed by atoms with Crippen LogP contribution in [0.3, 0.4) is 0 Å². The van der Waals surface area contributed by atoms with Gasteiger partial charge in [-0.2, -0.15) is 0 Å². The fourth-order valence-corrected chi connectivity index (χ4v) is 2.94. The highest BCUT2D eigenvalue weighted by Gasteiger charge is 2.11. The highest BCUT2D eigenvalue weighted by atomic mass is 35.5. The third kappa shape index (κ3) is 2.92. The normalized spacial score (nSPS) is 10.4. The van der Waals surface area contributed by atoms with E-state index in [-0.39, 0.29) is 5.91 Å². The first-order valence-corrected chi connectivity index (χ1v) is 6.96. The van der Waals surface area contributed by atoms with Crippen molar-refractivity contribution >= 4 is 34.5 Å². The van der Waals surface area contributed by atoms with Gasteiger partial charge in [-0.1, -0.05) is 24.6 Å². The average molecular weight is 280 g/mol. The van der Waals surface area contributed by atoms with Crippen LogP contribution in [0.5, 0.6) is 0 Å². The summed E-state index contributed by atoms with van der Waals surface area (Å²) in [6.07, 6.45) is 0.959. The molecule has 4 heteroatoms. The number of amides is 1. The molecule has 2 nitrogen and oxygen atoms in total. The molecule has 1 heterocycles. The molecule has 0 aliphatic rings. The fraction of sp³-hybridized carbons (Fsp3) is 0.214. The first kappa shape index (κ1) is 13.1. The molecular formula is C14H14ClNOS. The van der Waals surface area contributed by atoms with Crippen LogP contribution in [0.2, 0.25) is 5.02 Å². The summed E-state index contributed by atoms with van der Waals surface area (Å²) in [6.45, 7) is 4.13. The van der Waals surface area contributed by atoms with Gasteiger partial charge in [0.1, 0.15) is 0 Å². The molecule has 1 N–H and O–H groups in total. The third-order valence-corrected chi connectivity index (χ3v) is 4.26. The number of rotatable bonds is 3. The highest BCUT2D eigenvalue weighted by Crippen LogP contribution is 2.23. The van der Waals surface area contributed by atoms with E-state index in [0.717, 1.165) is 17.0 Å². The zero-order valence-electron chi connectivity index (χ0n) is 10.3. The summed E-state index contributed by atoms with van der Waals surface area (Å²) in [5.41, 5.74) is 1.90. The fourth-order valence-electron chi connectivity index (χ4n) is 1.74. The van der Waals surface area contributed by atoms with Crippen molar-refractivity contribution in [2.24, 2.45) is 0 Å². The minimum absolute atomic E-state index is 0.0786. The van der Waals surface area contributed by atoms with Crippen molar-refractivity contribution in [3.8, 4) is 0 Å². The Morgan fingerprint density at radius 1 is 1.39 bits per heavy atom. The highest BCUT2D eigenvalue weighted by molar-refractivity contribution is 7.14. The van der Waals surface area contributed by atoms with E-state index in [1.807, 2.05) is 25.1 Å². The van der Waals surface area contributed by atoms with Crippen LogP contribution in [0.4, 0.5) is 5.69 Å². The zero-order valence-corrected chi connectivity index (χ0v) is 11.9. The lowest BCUT2D eigenvalue weighted by molar-refractivity contribution is 0.103. The van der Waals surface area contributed by atoms with Crippen LogP contribution in [0, 0.1) is 6.92 Å². The van der Waals surface area contributed by atoms with E-state index in [1.54, 1.807) is 23.5 Å². The number of carbonyl (C=O) groups is 1. The average Bonchev–Trinajstić information content (AvgIpc) is 2.70. The van der Waals surface area contributed by atoms with Crippen LogP contribution in [-0.4, -0.2) is 5.91 Å². The van der Waals surface area contributed by atoms with Crippen LogP contribution >= 0.6 is 22.9 Å². The zero-order chi connectivity index (χ0) is 13.1. The van der Waals surface area contributed by atoms with E-state index in [9.17, 15) is 4.79 Å². The summed E-state index contributed by atoms with van der Waals surface area (Å²) < 4.78 is 0. The van der Waals surface area contributed by atoms with Crippen LogP contribution in [0.15, 0.2) is 30.3 Å². The molecule has 18 heavy (non-hydrogen) atoms. The molecule has 94 valence electrons. The smallest absolute Gasteiger partial charge is 0.265 e. The molecule has 0 radical (unpaired) electrons. The summed E-state index contributed by atoms with van der Waals surface area (Å²) in [6, 6.07) is 9.09. The number of halogens is 1. The molecule has 0 bridgehead atoms. The van der Waals surface area contributed by atoms with Crippen LogP contribution < -0.4 is 5.32 Å². The summed E-state index contributed by atoms with van der Waals surface area (Å²) in [5.74, 6) is -0.0786. The number of aryl methyl sites for hydroxylation is 2. The largest absolute Gasteiger partial charge is 0.321 e. The van der Waals surface area contributed by atoms with E-state index in [4.69, 9.17) is 11.6 Å². The molecule has 0 aliphatic heterocycles. The second-order valence-corrected chi connectivity index (χ2v) is 5.61. The van der Waals surface area contributed by atoms with E-state index in [1.165, 1.54) is 10.4 Å². The van der Waals surface area contributed by atoms with Gasteiger partial charge in [-0.3, -0.25) is 4.79 Å². The molecular weight excluding hydrogens is 266 g/mol. The standard InChI is InChI=1S/C14H14ClNOS/c1-3-12-9(2)7-13(18-12)14(17)16-11-6-4-5-10(15)8-11/h4-8H,3H2,1-2H3,(H,16,17).